The van der Waals surface area contributed by atoms with E-state index in [-0.39, 0.29) is 11.7 Å². The zero-order valence-corrected chi connectivity index (χ0v) is 14.4. The van der Waals surface area contributed by atoms with Crippen molar-refractivity contribution < 1.29 is 25.8 Å². The summed E-state index contributed by atoms with van der Waals surface area (Å²) in [6, 6.07) is 5.96. The molecule has 1 aliphatic heterocycles. The molecule has 1 fully saturated rings. The molecule has 0 aromatic heterocycles. The Morgan fingerprint density at radius 2 is 2.08 bits per heavy atom. The van der Waals surface area contributed by atoms with Gasteiger partial charge in [0, 0.05) is 6.54 Å². The molecule has 136 valence electrons. The van der Waals surface area contributed by atoms with E-state index in [0.717, 1.165) is 50.9 Å². The highest BCUT2D eigenvalue weighted by molar-refractivity contribution is 7.88. The first-order chi connectivity index (χ1) is 11.2. The highest BCUT2D eigenvalue weighted by atomic mass is 32.2. The van der Waals surface area contributed by atoms with Gasteiger partial charge in [-0.25, -0.2) is 0 Å². The largest absolute Gasteiger partial charge is 0.534 e. The molecule has 8 heteroatoms. The van der Waals surface area contributed by atoms with E-state index in [1.54, 1.807) is 6.07 Å². The maximum absolute atomic E-state index is 12.4. The van der Waals surface area contributed by atoms with Gasteiger partial charge in [0.05, 0.1) is 0 Å². The van der Waals surface area contributed by atoms with Crippen molar-refractivity contribution in [3.05, 3.63) is 29.8 Å². The molecule has 1 atom stereocenters. The maximum atomic E-state index is 12.4. The van der Waals surface area contributed by atoms with Crippen LogP contribution >= 0.6 is 0 Å². The number of piperidine rings is 1. The summed E-state index contributed by atoms with van der Waals surface area (Å²) in [6.07, 6.45) is 4.16. The van der Waals surface area contributed by atoms with Crippen molar-refractivity contribution in [3.63, 3.8) is 0 Å². The molecule has 0 bridgehead atoms. The van der Waals surface area contributed by atoms with Crippen LogP contribution in [0.1, 0.15) is 44.1 Å². The van der Waals surface area contributed by atoms with E-state index >= 15 is 0 Å². The van der Waals surface area contributed by atoms with Crippen LogP contribution in [-0.2, 0) is 10.1 Å². The molecule has 24 heavy (non-hydrogen) atoms. The summed E-state index contributed by atoms with van der Waals surface area (Å²) in [7, 11) is -5.63. The molecule has 1 aromatic carbocycles. The summed E-state index contributed by atoms with van der Waals surface area (Å²) in [4.78, 5) is 2.34. The molecule has 0 saturated carbocycles. The Kier molecular flexibility index (Phi) is 6.14. The highest BCUT2D eigenvalue weighted by Gasteiger charge is 2.48. The number of halogens is 3. The summed E-state index contributed by atoms with van der Waals surface area (Å²) in [5.41, 5.74) is -4.61. The normalized spacial score (nSPS) is 20.1. The van der Waals surface area contributed by atoms with E-state index in [0.29, 0.717) is 0 Å². The molecule has 1 aromatic rings. The fourth-order valence-electron chi connectivity index (χ4n) is 2.91. The Bertz CT molecular complexity index is 646. The summed E-state index contributed by atoms with van der Waals surface area (Å²) in [6.45, 7) is 4.99. The minimum atomic E-state index is -5.63. The first-order valence-corrected chi connectivity index (χ1v) is 9.47. The lowest BCUT2D eigenvalue weighted by Gasteiger charge is -2.33. The summed E-state index contributed by atoms with van der Waals surface area (Å²) in [5.74, 6) is -0.122. The third-order valence-corrected chi connectivity index (χ3v) is 5.13. The van der Waals surface area contributed by atoms with Crippen LogP contribution < -0.4 is 4.18 Å². The van der Waals surface area contributed by atoms with Gasteiger partial charge in [-0.15, -0.1) is 0 Å². The van der Waals surface area contributed by atoms with Crippen LogP contribution in [0.4, 0.5) is 13.2 Å². The number of hydrogen-bond donors (Lipinski definition) is 0. The van der Waals surface area contributed by atoms with Gasteiger partial charge < -0.3 is 9.08 Å². The Hall–Kier alpha value is -1.28. The summed E-state index contributed by atoms with van der Waals surface area (Å²) >= 11 is 0. The number of benzene rings is 1. The smallest absolute Gasteiger partial charge is 0.376 e. The molecule has 0 spiro atoms. The van der Waals surface area contributed by atoms with Gasteiger partial charge in [0.15, 0.2) is 0 Å². The van der Waals surface area contributed by atoms with Crippen LogP contribution in [0.3, 0.4) is 0 Å². The number of hydrogen-bond acceptors (Lipinski definition) is 4. The molecule has 1 heterocycles. The Labute approximate surface area is 140 Å². The SMILES string of the molecule is CCCCN1CCC[C@@H](c2cccc(OS(=O)(=O)C(F)(F)F)c2)C1. The van der Waals surface area contributed by atoms with Crippen LogP contribution in [0.15, 0.2) is 24.3 Å². The molecule has 0 aliphatic carbocycles. The lowest BCUT2D eigenvalue weighted by atomic mass is 9.90. The van der Waals surface area contributed by atoms with Gasteiger partial charge in [-0.3, -0.25) is 0 Å². The van der Waals surface area contributed by atoms with Crippen molar-refractivity contribution in [3.8, 4) is 5.75 Å². The molecular formula is C16H22F3NO3S. The molecular weight excluding hydrogens is 343 g/mol. The predicted octanol–water partition coefficient (Wildman–Crippen LogP) is 3.89. The van der Waals surface area contributed by atoms with Crippen LogP contribution in [0.5, 0.6) is 5.75 Å². The van der Waals surface area contributed by atoms with Gasteiger partial charge in [-0.1, -0.05) is 25.5 Å². The molecule has 0 N–H and O–H groups in total. The highest BCUT2D eigenvalue weighted by Crippen LogP contribution is 2.31. The van der Waals surface area contributed by atoms with Crippen molar-refractivity contribution in [1.29, 1.82) is 0 Å². The van der Waals surface area contributed by atoms with Crippen LogP contribution in [0, 0.1) is 0 Å². The number of nitrogens with zero attached hydrogens (tertiary/aromatic N) is 1. The molecule has 1 aliphatic rings. The molecule has 0 unspecified atom stereocenters. The van der Waals surface area contributed by atoms with Gasteiger partial charge >= 0.3 is 15.6 Å². The van der Waals surface area contributed by atoms with Gasteiger partial charge in [-0.05, 0) is 56.0 Å². The van der Waals surface area contributed by atoms with E-state index in [2.05, 4.69) is 16.0 Å². The predicted molar refractivity (Wildman–Crippen MR) is 85.4 cm³/mol. The summed E-state index contributed by atoms with van der Waals surface area (Å²) in [5, 5.41) is 0. The minimum absolute atomic E-state index is 0.174. The van der Waals surface area contributed by atoms with Crippen molar-refractivity contribution >= 4 is 10.1 Å². The zero-order valence-electron chi connectivity index (χ0n) is 13.6. The monoisotopic (exact) mass is 365 g/mol. The van der Waals surface area contributed by atoms with Gasteiger partial charge in [-0.2, -0.15) is 21.6 Å². The standard InChI is InChI=1S/C16H22F3NO3S/c1-2-3-9-20-10-5-7-14(12-20)13-6-4-8-15(11-13)23-24(21,22)16(17,18)19/h4,6,8,11,14H,2-3,5,7,9-10,12H2,1H3/t14-/m1/s1. The fourth-order valence-corrected chi connectivity index (χ4v) is 3.36. The van der Waals surface area contributed by atoms with E-state index in [1.165, 1.54) is 18.2 Å². The molecule has 1 saturated heterocycles. The van der Waals surface area contributed by atoms with Crippen LogP contribution in [-0.4, -0.2) is 38.5 Å². The lowest BCUT2D eigenvalue weighted by molar-refractivity contribution is -0.0500. The number of unbranched alkanes of at least 4 members (excludes halogenated alkanes) is 1. The topological polar surface area (TPSA) is 46.6 Å². The Balaban J connectivity index is 2.10. The first kappa shape index (κ1) is 19.1. The third kappa shape index (κ3) is 4.86. The van der Waals surface area contributed by atoms with Gasteiger partial charge in [0.2, 0.25) is 0 Å². The minimum Gasteiger partial charge on any atom is -0.376 e. The number of likely N-dealkylation sites (tertiary alicyclic amines) is 1. The number of alkyl halides is 3. The molecule has 2 rings (SSSR count). The maximum Gasteiger partial charge on any atom is 0.534 e. The second-order valence-electron chi connectivity index (χ2n) is 6.05. The van der Waals surface area contributed by atoms with E-state index in [4.69, 9.17) is 0 Å². The van der Waals surface area contributed by atoms with Crippen molar-refractivity contribution in [2.45, 2.75) is 44.0 Å². The van der Waals surface area contributed by atoms with Crippen LogP contribution in [0.2, 0.25) is 0 Å². The Morgan fingerprint density at radius 3 is 2.75 bits per heavy atom. The van der Waals surface area contributed by atoms with Crippen molar-refractivity contribution in [1.82, 2.24) is 4.90 Å². The lowest BCUT2D eigenvalue weighted by Crippen LogP contribution is -2.35. The summed E-state index contributed by atoms with van der Waals surface area (Å²) < 4.78 is 63.7. The second-order valence-corrected chi connectivity index (χ2v) is 7.59. The molecule has 4 nitrogen and oxygen atoms in total. The Morgan fingerprint density at radius 1 is 1.33 bits per heavy atom. The van der Waals surface area contributed by atoms with Crippen LogP contribution in [0.25, 0.3) is 0 Å². The van der Waals surface area contributed by atoms with E-state index < -0.39 is 15.6 Å². The first-order valence-electron chi connectivity index (χ1n) is 8.06. The van der Waals surface area contributed by atoms with E-state index in [1.807, 2.05) is 0 Å². The molecule has 0 amide bonds. The quantitative estimate of drug-likeness (QED) is 0.567. The average molecular weight is 365 g/mol. The van der Waals surface area contributed by atoms with Gasteiger partial charge in [0.1, 0.15) is 5.75 Å². The van der Waals surface area contributed by atoms with Crippen molar-refractivity contribution in [2.24, 2.45) is 0 Å². The second kappa shape index (κ2) is 7.74. The fraction of sp³-hybridized carbons (Fsp3) is 0.625. The van der Waals surface area contributed by atoms with E-state index in [9.17, 15) is 21.6 Å². The number of rotatable bonds is 6. The zero-order chi connectivity index (χ0) is 17.8. The van der Waals surface area contributed by atoms with Gasteiger partial charge in [0.25, 0.3) is 0 Å². The average Bonchev–Trinajstić information content (AvgIpc) is 2.52. The molecule has 0 radical (unpaired) electrons. The third-order valence-electron chi connectivity index (χ3n) is 4.15. The van der Waals surface area contributed by atoms with Crippen molar-refractivity contribution in [2.75, 3.05) is 19.6 Å².